The van der Waals surface area contributed by atoms with Gasteiger partial charge in [-0.25, -0.2) is 0 Å². The Morgan fingerprint density at radius 1 is 1.36 bits per heavy atom. The van der Waals surface area contributed by atoms with Gasteiger partial charge in [0, 0.05) is 0 Å². The molecule has 1 N–H and O–H groups in total. The van der Waals surface area contributed by atoms with Gasteiger partial charge in [-0.15, -0.1) is 0 Å². The van der Waals surface area contributed by atoms with Gasteiger partial charge in [0.15, 0.2) is 0 Å². The van der Waals surface area contributed by atoms with Gasteiger partial charge < -0.3 is 9.68 Å². The van der Waals surface area contributed by atoms with Crippen molar-refractivity contribution in [1.82, 2.24) is 0 Å². The van der Waals surface area contributed by atoms with E-state index < -0.39 is 7.69 Å². The fraction of sp³-hybridized carbons (Fsp3) is 0. The van der Waals surface area contributed by atoms with E-state index in [1.807, 2.05) is 0 Å². The molecule has 0 atom stereocenters. The van der Waals surface area contributed by atoms with Gasteiger partial charge in [0.1, 0.15) is 5.75 Å². The number of hydrogen-bond donors (Lipinski definition) is 1. The van der Waals surface area contributed by atoms with Crippen molar-refractivity contribution in [3.63, 3.8) is 0 Å². The molecule has 0 unspecified atom stereocenters. The number of halogens is 2. The molecular formula is C6H5BCl2O2. The zero-order chi connectivity index (χ0) is 8.27. The zero-order valence-electron chi connectivity index (χ0n) is 5.55. The van der Waals surface area contributed by atoms with Crippen LogP contribution in [0.3, 0.4) is 0 Å². The Labute approximate surface area is 75.0 Å². The second kappa shape index (κ2) is 3.86. The zero-order valence-corrected chi connectivity index (χ0v) is 7.06. The summed E-state index contributed by atoms with van der Waals surface area (Å²) in [6, 6.07) is 4.97. The molecule has 1 aromatic rings. The summed E-state index contributed by atoms with van der Waals surface area (Å²) in [6.07, 6.45) is 0. The van der Waals surface area contributed by atoms with Crippen LogP contribution in [0.4, 0.5) is 0 Å². The molecule has 0 aliphatic heterocycles. The molecule has 0 radical (unpaired) electrons. The third kappa shape index (κ3) is 2.02. The van der Waals surface area contributed by atoms with Gasteiger partial charge in [0.2, 0.25) is 0 Å². The van der Waals surface area contributed by atoms with Crippen LogP contribution in [0.2, 0.25) is 10.0 Å². The van der Waals surface area contributed by atoms with E-state index in [0.29, 0.717) is 15.8 Å². The lowest BCUT2D eigenvalue weighted by atomic mass is 10.3. The van der Waals surface area contributed by atoms with E-state index in [0.717, 1.165) is 0 Å². The van der Waals surface area contributed by atoms with Crippen molar-refractivity contribution in [2.45, 2.75) is 0 Å². The highest BCUT2D eigenvalue weighted by atomic mass is 35.5. The van der Waals surface area contributed by atoms with Crippen LogP contribution < -0.4 is 4.65 Å². The lowest BCUT2D eigenvalue weighted by Gasteiger charge is -2.04. The summed E-state index contributed by atoms with van der Waals surface area (Å²) in [6.45, 7) is 0. The van der Waals surface area contributed by atoms with Crippen molar-refractivity contribution in [3.05, 3.63) is 28.2 Å². The molecular weight excluding hydrogens is 186 g/mol. The van der Waals surface area contributed by atoms with Gasteiger partial charge in [0.05, 0.1) is 10.0 Å². The molecule has 58 valence electrons. The van der Waals surface area contributed by atoms with E-state index in [-0.39, 0.29) is 0 Å². The normalized spacial score (nSPS) is 9.36. The maximum atomic E-state index is 8.41. The average Bonchev–Trinajstić information content (AvgIpc) is 1.99. The van der Waals surface area contributed by atoms with Crippen LogP contribution >= 0.6 is 23.2 Å². The summed E-state index contributed by atoms with van der Waals surface area (Å²) < 4.78 is 4.76. The van der Waals surface area contributed by atoms with Gasteiger partial charge in [0.25, 0.3) is 0 Å². The minimum Gasteiger partial charge on any atom is -0.538 e. The fourth-order valence-electron chi connectivity index (χ4n) is 0.665. The van der Waals surface area contributed by atoms with Gasteiger partial charge in [-0.3, -0.25) is 0 Å². The Morgan fingerprint density at radius 2 is 2.09 bits per heavy atom. The highest BCUT2D eigenvalue weighted by Crippen LogP contribution is 2.30. The third-order valence-electron chi connectivity index (χ3n) is 1.14. The molecule has 0 fully saturated rings. The van der Waals surface area contributed by atoms with Crippen molar-refractivity contribution in [2.75, 3.05) is 0 Å². The van der Waals surface area contributed by atoms with Crippen LogP contribution in [-0.4, -0.2) is 12.7 Å². The summed E-state index contributed by atoms with van der Waals surface area (Å²) in [5.74, 6) is 0.390. The molecule has 0 spiro atoms. The van der Waals surface area contributed by atoms with Crippen molar-refractivity contribution < 1.29 is 9.68 Å². The first-order valence-corrected chi connectivity index (χ1v) is 3.69. The molecule has 0 saturated carbocycles. The SMILES string of the molecule is OBOc1cccc(Cl)c1Cl. The smallest absolute Gasteiger partial charge is 0.504 e. The van der Waals surface area contributed by atoms with Crippen molar-refractivity contribution in [2.24, 2.45) is 0 Å². The highest BCUT2D eigenvalue weighted by Gasteiger charge is 2.03. The number of benzene rings is 1. The Kier molecular flexibility index (Phi) is 3.06. The largest absolute Gasteiger partial charge is 0.538 e. The van der Waals surface area contributed by atoms with Gasteiger partial charge >= 0.3 is 7.69 Å². The molecule has 11 heavy (non-hydrogen) atoms. The number of hydrogen-bond acceptors (Lipinski definition) is 2. The second-order valence-electron chi connectivity index (χ2n) is 1.83. The van der Waals surface area contributed by atoms with E-state index in [1.54, 1.807) is 18.2 Å². The first kappa shape index (κ1) is 8.72. The molecule has 1 aromatic carbocycles. The van der Waals surface area contributed by atoms with Crippen LogP contribution in [0.15, 0.2) is 18.2 Å². The van der Waals surface area contributed by atoms with E-state index in [4.69, 9.17) is 32.9 Å². The summed E-state index contributed by atoms with van der Waals surface area (Å²) in [5.41, 5.74) is 0. The Bertz CT molecular complexity index is 254. The van der Waals surface area contributed by atoms with E-state index in [2.05, 4.69) is 0 Å². The van der Waals surface area contributed by atoms with Crippen LogP contribution in [-0.2, 0) is 0 Å². The predicted octanol–water partition coefficient (Wildman–Crippen LogP) is 1.63. The standard InChI is InChI=1S/C6H5BCl2O2/c8-4-2-1-3-5(6(4)9)11-7-10/h1-3,7,10H. The number of rotatable bonds is 2. The molecule has 0 aromatic heterocycles. The Morgan fingerprint density at radius 3 is 2.73 bits per heavy atom. The monoisotopic (exact) mass is 190 g/mol. The summed E-state index contributed by atoms with van der Waals surface area (Å²) in [4.78, 5) is 0. The highest BCUT2D eigenvalue weighted by molar-refractivity contribution is 6.43. The predicted molar refractivity (Wildman–Crippen MR) is 46.5 cm³/mol. The topological polar surface area (TPSA) is 29.5 Å². The fourth-order valence-corrected chi connectivity index (χ4v) is 1.01. The van der Waals surface area contributed by atoms with Crippen LogP contribution in [0.25, 0.3) is 0 Å². The molecule has 0 amide bonds. The Balaban J connectivity index is 2.96. The molecule has 0 aliphatic rings. The van der Waals surface area contributed by atoms with Crippen molar-refractivity contribution in [1.29, 1.82) is 0 Å². The van der Waals surface area contributed by atoms with Crippen molar-refractivity contribution >= 4 is 30.9 Å². The lowest BCUT2D eigenvalue weighted by molar-refractivity contribution is 0.454. The summed E-state index contributed by atoms with van der Waals surface area (Å²) in [7, 11) is -0.403. The first-order valence-electron chi connectivity index (χ1n) is 2.93. The van der Waals surface area contributed by atoms with Crippen molar-refractivity contribution in [3.8, 4) is 5.75 Å². The van der Waals surface area contributed by atoms with Gasteiger partial charge in [-0.2, -0.15) is 0 Å². The molecule has 5 heteroatoms. The Hall–Kier alpha value is -0.375. The second-order valence-corrected chi connectivity index (χ2v) is 2.61. The average molecular weight is 191 g/mol. The van der Waals surface area contributed by atoms with Crippen LogP contribution in [0, 0.1) is 0 Å². The first-order chi connectivity index (χ1) is 5.25. The van der Waals surface area contributed by atoms with E-state index in [9.17, 15) is 0 Å². The molecule has 0 bridgehead atoms. The minimum absolute atomic E-state index is 0.322. The van der Waals surface area contributed by atoms with Gasteiger partial charge in [-0.05, 0) is 12.1 Å². The summed E-state index contributed by atoms with van der Waals surface area (Å²) in [5, 5.41) is 9.15. The maximum Gasteiger partial charge on any atom is 0.504 e. The maximum absolute atomic E-state index is 8.41. The minimum atomic E-state index is -0.403. The summed E-state index contributed by atoms with van der Waals surface area (Å²) >= 11 is 11.4. The molecule has 1 rings (SSSR count). The quantitative estimate of drug-likeness (QED) is 0.719. The van der Waals surface area contributed by atoms with E-state index in [1.165, 1.54) is 0 Å². The molecule has 0 saturated heterocycles. The third-order valence-corrected chi connectivity index (χ3v) is 1.94. The van der Waals surface area contributed by atoms with Crippen LogP contribution in [0.5, 0.6) is 5.75 Å². The van der Waals surface area contributed by atoms with Gasteiger partial charge in [-0.1, -0.05) is 29.3 Å². The molecule has 2 nitrogen and oxygen atoms in total. The lowest BCUT2D eigenvalue weighted by Crippen LogP contribution is -1.99. The molecule has 0 aliphatic carbocycles. The molecule has 0 heterocycles. The van der Waals surface area contributed by atoms with E-state index >= 15 is 0 Å². The van der Waals surface area contributed by atoms with Crippen LogP contribution in [0.1, 0.15) is 0 Å².